The number of rotatable bonds is 5. The molecule has 0 unspecified atom stereocenters. The van der Waals surface area contributed by atoms with E-state index in [1.54, 1.807) is 4.68 Å². The lowest BCUT2D eigenvalue weighted by Crippen LogP contribution is -2.15. The fourth-order valence-corrected chi connectivity index (χ4v) is 2.29. The van der Waals surface area contributed by atoms with Crippen LogP contribution in [-0.4, -0.2) is 25.2 Å². The molecule has 0 saturated carbocycles. The summed E-state index contributed by atoms with van der Waals surface area (Å²) in [6.45, 7) is 2.52. The first-order valence-corrected chi connectivity index (χ1v) is 6.37. The SMILES string of the molecule is CCc1nn(C)c2c1nc(CCl)n2CCC(N)=O. The number of imidazole rings is 1. The number of primary amides is 1. The van der Waals surface area contributed by atoms with Crippen molar-refractivity contribution in [2.24, 2.45) is 12.8 Å². The molecule has 1 amide bonds. The van der Waals surface area contributed by atoms with Crippen LogP contribution in [-0.2, 0) is 30.7 Å². The summed E-state index contributed by atoms with van der Waals surface area (Å²) in [5.41, 5.74) is 7.88. The van der Waals surface area contributed by atoms with Crippen LogP contribution < -0.4 is 5.73 Å². The average Bonchev–Trinajstić information content (AvgIpc) is 2.84. The van der Waals surface area contributed by atoms with E-state index in [1.165, 1.54) is 0 Å². The maximum Gasteiger partial charge on any atom is 0.219 e. The molecule has 0 aliphatic rings. The Balaban J connectivity index is 2.54. The summed E-state index contributed by atoms with van der Waals surface area (Å²) in [5.74, 6) is 0.710. The molecule has 0 aromatic carbocycles. The van der Waals surface area contributed by atoms with Crippen molar-refractivity contribution >= 4 is 28.7 Å². The minimum Gasteiger partial charge on any atom is -0.370 e. The van der Waals surface area contributed by atoms with Crippen LogP contribution in [0.3, 0.4) is 0 Å². The second kappa shape index (κ2) is 4.97. The summed E-state index contributed by atoms with van der Waals surface area (Å²) in [5, 5.41) is 4.41. The van der Waals surface area contributed by atoms with Gasteiger partial charge in [-0.2, -0.15) is 5.10 Å². The van der Waals surface area contributed by atoms with E-state index < -0.39 is 0 Å². The zero-order valence-corrected chi connectivity index (χ0v) is 11.2. The minimum absolute atomic E-state index is 0.266. The lowest BCUT2D eigenvalue weighted by molar-refractivity contribution is -0.118. The van der Waals surface area contributed by atoms with Crippen LogP contribution in [0.2, 0.25) is 0 Å². The van der Waals surface area contributed by atoms with Gasteiger partial charge in [0.15, 0.2) is 5.65 Å². The summed E-state index contributed by atoms with van der Waals surface area (Å²) in [6, 6.07) is 0. The number of nitrogens with zero attached hydrogens (tertiary/aromatic N) is 4. The van der Waals surface area contributed by atoms with Crippen molar-refractivity contribution in [1.82, 2.24) is 19.3 Å². The van der Waals surface area contributed by atoms with Gasteiger partial charge in [-0.05, 0) is 6.42 Å². The van der Waals surface area contributed by atoms with Crippen LogP contribution in [0.25, 0.3) is 11.2 Å². The maximum absolute atomic E-state index is 10.9. The molecular formula is C11H16ClN5O. The molecule has 2 heterocycles. The number of carbonyl (C=O) groups is 1. The minimum atomic E-state index is -0.338. The van der Waals surface area contributed by atoms with E-state index in [1.807, 2.05) is 18.5 Å². The third kappa shape index (κ3) is 2.08. The number of amides is 1. The van der Waals surface area contributed by atoms with Crippen molar-refractivity contribution in [3.63, 3.8) is 0 Å². The predicted octanol–water partition coefficient (Wildman–Crippen LogP) is 0.946. The summed E-state index contributed by atoms with van der Waals surface area (Å²) in [7, 11) is 1.86. The third-order valence-corrected chi connectivity index (χ3v) is 3.15. The second-order valence-electron chi connectivity index (χ2n) is 4.13. The summed E-state index contributed by atoms with van der Waals surface area (Å²) in [4.78, 5) is 15.4. The number of aromatic nitrogens is 4. The first kappa shape index (κ1) is 12.9. The van der Waals surface area contributed by atoms with E-state index in [9.17, 15) is 4.79 Å². The topological polar surface area (TPSA) is 78.7 Å². The van der Waals surface area contributed by atoms with Gasteiger partial charge in [-0.3, -0.25) is 9.48 Å². The van der Waals surface area contributed by atoms with E-state index in [2.05, 4.69) is 10.1 Å². The van der Waals surface area contributed by atoms with Gasteiger partial charge in [0, 0.05) is 20.0 Å². The van der Waals surface area contributed by atoms with E-state index >= 15 is 0 Å². The molecule has 98 valence electrons. The van der Waals surface area contributed by atoms with Crippen molar-refractivity contribution in [3.8, 4) is 0 Å². The smallest absolute Gasteiger partial charge is 0.219 e. The Morgan fingerprint density at radius 3 is 2.78 bits per heavy atom. The van der Waals surface area contributed by atoms with Gasteiger partial charge in [0.2, 0.25) is 5.91 Å². The molecule has 0 aliphatic carbocycles. The molecule has 7 heteroatoms. The molecule has 0 saturated heterocycles. The van der Waals surface area contributed by atoms with Gasteiger partial charge in [-0.25, -0.2) is 4.98 Å². The van der Waals surface area contributed by atoms with Gasteiger partial charge in [0.1, 0.15) is 11.3 Å². The van der Waals surface area contributed by atoms with E-state index in [4.69, 9.17) is 17.3 Å². The van der Waals surface area contributed by atoms with Crippen LogP contribution in [0, 0.1) is 0 Å². The zero-order chi connectivity index (χ0) is 13.3. The predicted molar refractivity (Wildman–Crippen MR) is 69.2 cm³/mol. The Hall–Kier alpha value is -1.56. The molecule has 0 aliphatic heterocycles. The molecule has 0 atom stereocenters. The second-order valence-corrected chi connectivity index (χ2v) is 4.39. The highest BCUT2D eigenvalue weighted by Crippen LogP contribution is 2.21. The number of hydrogen-bond donors (Lipinski definition) is 1. The van der Waals surface area contributed by atoms with E-state index in [-0.39, 0.29) is 12.3 Å². The molecule has 0 spiro atoms. The first-order chi connectivity index (χ1) is 8.58. The monoisotopic (exact) mass is 269 g/mol. The largest absolute Gasteiger partial charge is 0.370 e. The molecule has 2 aromatic rings. The van der Waals surface area contributed by atoms with Crippen LogP contribution in [0.5, 0.6) is 0 Å². The van der Waals surface area contributed by atoms with Gasteiger partial charge < -0.3 is 10.3 Å². The van der Waals surface area contributed by atoms with Crippen LogP contribution in [0.15, 0.2) is 0 Å². The van der Waals surface area contributed by atoms with Crippen LogP contribution in [0.1, 0.15) is 24.9 Å². The normalized spacial score (nSPS) is 11.3. The van der Waals surface area contributed by atoms with Crippen molar-refractivity contribution in [2.45, 2.75) is 32.2 Å². The summed E-state index contributed by atoms with van der Waals surface area (Å²) < 4.78 is 3.69. The fourth-order valence-electron chi connectivity index (χ4n) is 2.08. The van der Waals surface area contributed by atoms with E-state index in [0.29, 0.717) is 12.4 Å². The molecule has 18 heavy (non-hydrogen) atoms. The molecule has 0 radical (unpaired) electrons. The van der Waals surface area contributed by atoms with Crippen molar-refractivity contribution in [2.75, 3.05) is 0 Å². The Morgan fingerprint density at radius 1 is 1.50 bits per heavy atom. The molecule has 0 fully saturated rings. The molecular weight excluding hydrogens is 254 g/mol. The van der Waals surface area contributed by atoms with Crippen molar-refractivity contribution in [1.29, 1.82) is 0 Å². The third-order valence-electron chi connectivity index (χ3n) is 2.91. The van der Waals surface area contributed by atoms with Gasteiger partial charge in [-0.1, -0.05) is 6.92 Å². The van der Waals surface area contributed by atoms with E-state index in [0.717, 1.165) is 29.1 Å². The molecule has 0 bridgehead atoms. The number of aryl methyl sites for hydroxylation is 3. The van der Waals surface area contributed by atoms with Crippen molar-refractivity contribution < 1.29 is 4.79 Å². The number of carbonyl (C=O) groups excluding carboxylic acids is 1. The summed E-state index contributed by atoms with van der Waals surface area (Å²) >= 11 is 5.89. The Labute approximate surface area is 110 Å². The highest BCUT2D eigenvalue weighted by atomic mass is 35.5. The lowest BCUT2D eigenvalue weighted by Gasteiger charge is -2.06. The van der Waals surface area contributed by atoms with Gasteiger partial charge in [0.05, 0.1) is 11.6 Å². The lowest BCUT2D eigenvalue weighted by atomic mass is 10.3. The number of nitrogens with two attached hydrogens (primary N) is 1. The maximum atomic E-state index is 10.9. The Bertz CT molecular complexity index is 586. The molecule has 2 aromatic heterocycles. The molecule has 2 rings (SSSR count). The molecule has 6 nitrogen and oxygen atoms in total. The number of fused-ring (bicyclic) bond motifs is 1. The fraction of sp³-hybridized carbons (Fsp3) is 0.545. The average molecular weight is 270 g/mol. The van der Waals surface area contributed by atoms with Gasteiger partial charge >= 0.3 is 0 Å². The highest BCUT2D eigenvalue weighted by Gasteiger charge is 2.17. The zero-order valence-electron chi connectivity index (χ0n) is 10.5. The van der Waals surface area contributed by atoms with Gasteiger partial charge in [-0.15, -0.1) is 11.6 Å². The Kier molecular flexibility index (Phi) is 3.56. The van der Waals surface area contributed by atoms with Crippen LogP contribution >= 0.6 is 11.6 Å². The number of hydrogen-bond acceptors (Lipinski definition) is 3. The standard InChI is InChI=1S/C11H16ClN5O/c1-3-7-10-11(16(2)15-7)17(5-4-8(13)18)9(6-12)14-10/h3-6H2,1-2H3,(H2,13,18). The summed E-state index contributed by atoms with van der Waals surface area (Å²) in [6.07, 6.45) is 1.08. The van der Waals surface area contributed by atoms with Crippen molar-refractivity contribution in [3.05, 3.63) is 11.5 Å². The Morgan fingerprint density at radius 2 is 2.22 bits per heavy atom. The number of alkyl halides is 1. The van der Waals surface area contributed by atoms with Crippen LogP contribution in [0.4, 0.5) is 0 Å². The number of halogens is 1. The highest BCUT2D eigenvalue weighted by molar-refractivity contribution is 6.16. The van der Waals surface area contributed by atoms with Gasteiger partial charge in [0.25, 0.3) is 0 Å². The molecule has 2 N–H and O–H groups in total. The first-order valence-electron chi connectivity index (χ1n) is 5.83. The quantitative estimate of drug-likeness (QED) is 0.821.